The number of aliphatic hydroxyl groups excluding tert-OH is 28. The van der Waals surface area contributed by atoms with E-state index in [1.54, 1.807) is 0 Å². The highest BCUT2D eigenvalue weighted by molar-refractivity contribution is 5.74. The van der Waals surface area contributed by atoms with Gasteiger partial charge in [-0.3, -0.25) is 19.2 Å². The smallest absolute Gasteiger partial charge is 0.217 e. The number of carbonyl (C=O) groups excluding carboxylic acids is 4. The van der Waals surface area contributed by atoms with Crippen molar-refractivity contribution in [2.24, 2.45) is 0 Å². The molecule has 10 fully saturated rings. The summed E-state index contributed by atoms with van der Waals surface area (Å²) in [5, 5.41) is 321. The van der Waals surface area contributed by atoms with Crippen molar-refractivity contribution in [2.45, 2.75) is 335 Å². The predicted octanol–water partition coefficient (Wildman–Crippen LogP) is -22.2. The molecule has 0 aromatic carbocycles. The van der Waals surface area contributed by atoms with Gasteiger partial charge in [0.25, 0.3) is 0 Å². The zero-order valence-electron chi connectivity index (χ0n) is 65.9. The normalized spacial score (nSPS) is 49.4. The number of amides is 4. The van der Waals surface area contributed by atoms with E-state index in [2.05, 4.69) is 21.3 Å². The highest BCUT2D eigenvalue weighted by Gasteiger charge is 2.62. The van der Waals surface area contributed by atoms with Gasteiger partial charge in [-0.2, -0.15) is 0 Å². The first-order valence-corrected chi connectivity index (χ1v) is 39.1. The van der Waals surface area contributed by atoms with Crippen LogP contribution >= 0.6 is 0 Å². The number of rotatable bonds is 32. The molecule has 10 aliphatic heterocycles. The van der Waals surface area contributed by atoms with E-state index in [9.17, 15) is 162 Å². The molecule has 55 nitrogen and oxygen atoms in total. The lowest BCUT2D eigenvalue weighted by molar-refractivity contribution is -0.398. The van der Waals surface area contributed by atoms with Gasteiger partial charge >= 0.3 is 0 Å². The number of nitrogens with one attached hydrogen (secondary N) is 4. The standard InChI is InChI=1S/C68H114N4O51/c1-15(81)69-29-39(91)52(23(9-77)107-59(29)104)120-66-51(103)56(121-68-58(46(98)36(88)22(8-76)111-68)123-62-32(72-18(4)84)42(94)55(26(12-80)114-62)119-65-50(102)45(97)35(87)21(7-75)110-65)38(90)28(115-66)14-106-67-57(122-61-31(71-17(3)83)41(93)54(25(11-79)113-61)118-64-49(101)44(96)34(86)20(6-74)109-64)47(99)37(89)27(116-67)13-105-60-30(70-16(2)82)40(92)53(24(10-78)112-60)117-63-48(100)43(95)33(85)19(5-73)108-63/h19-68,73-80,85-104H,5-14H2,1-4H3,(H,69,81)(H,70,82)(H,71,83)(H,72,84)/t19-,20-,21-,22-,23-,24-,25-,26-,27-,28-,29-,30-,31-,32-,33+,34+,35+,36-,37-,38-,39-,40-,41-,42-,43+,44+,45+,46+,47+,48-,49-,50-,51+,52-,53-,54-,55-,56+,57+,58+,59?,60-,61+,62+,63+,64+,65+,66+,67+,68-/m1/s1. The first-order chi connectivity index (χ1) is 58.2. The van der Waals surface area contributed by atoms with E-state index in [1.165, 1.54) is 0 Å². The number of aliphatic hydroxyl groups is 28. The van der Waals surface area contributed by atoms with Crippen molar-refractivity contribution in [1.29, 1.82) is 0 Å². The molecule has 0 radical (unpaired) electrons. The second kappa shape index (κ2) is 44.3. The molecule has 712 valence electrons. The van der Waals surface area contributed by atoms with Crippen molar-refractivity contribution < 1.29 is 252 Å². The molecule has 50 atom stereocenters. The van der Waals surface area contributed by atoms with Gasteiger partial charge in [0.2, 0.25) is 23.6 Å². The first kappa shape index (κ1) is 101. The van der Waals surface area contributed by atoms with Gasteiger partial charge in [-0.15, -0.1) is 0 Å². The lowest BCUT2D eigenvalue weighted by atomic mass is 9.94. The van der Waals surface area contributed by atoms with E-state index < -0.39 is 397 Å². The molecule has 4 amide bonds. The van der Waals surface area contributed by atoms with Crippen LogP contribution in [0, 0.1) is 0 Å². The van der Waals surface area contributed by atoms with Crippen molar-refractivity contribution in [3.63, 3.8) is 0 Å². The van der Waals surface area contributed by atoms with E-state index in [0.717, 1.165) is 27.7 Å². The summed E-state index contributed by atoms with van der Waals surface area (Å²) >= 11 is 0. The minimum Gasteiger partial charge on any atom is -0.394 e. The fourth-order valence-electron chi connectivity index (χ4n) is 15.8. The Kier molecular flexibility index (Phi) is 36.4. The molecule has 0 spiro atoms. The van der Waals surface area contributed by atoms with Crippen LogP contribution in [0.25, 0.3) is 0 Å². The predicted molar refractivity (Wildman–Crippen MR) is 376 cm³/mol. The Morgan fingerprint density at radius 2 is 0.447 bits per heavy atom. The summed E-state index contributed by atoms with van der Waals surface area (Å²) in [5.74, 6) is -3.76. The molecule has 0 aliphatic carbocycles. The van der Waals surface area contributed by atoms with E-state index >= 15 is 0 Å². The molecule has 0 aromatic heterocycles. The quantitative estimate of drug-likeness (QED) is 0.0297. The van der Waals surface area contributed by atoms with Crippen LogP contribution in [0.5, 0.6) is 0 Å². The minimum atomic E-state index is -2.58. The SMILES string of the molecule is CC(=O)N[C@H]1[C@H](OC[C@H]2O[C@H](OC[C@H]3O[C@@H](O[C@H]4[C@H](O)[C@@H](NC(C)=O)C(O)O[C@@H]4CO)[C@@H](O)[C@@H](O[C@H]4O[C@H](CO)[C@@H](O)[C@H](O)[C@@H]4O[C@@H]4O[C@H](CO)[C@@H](O[C@@H]5O[C@H](CO)[C@H](O)[C@H](O)[C@H]5O)[C@H](O)[C@H]4NC(C)=O)[C@@H]3O)[C@@H](O[C@@H]3O[C@H](CO)[C@@H](O[C@@H]4O[C@H](CO)[C@H](O)[C@H](O)[C@H]4O)[C@H](O)[C@H]3NC(C)=O)[C@@H](O)[C@@H]2O)O[C@H](CO)[C@@H](O[C@@H]2O[C@H](CO)[C@H](O)[C@H](O)[C@H]2O)[C@@H]1O. The van der Waals surface area contributed by atoms with Crippen LogP contribution in [0.4, 0.5) is 0 Å². The third kappa shape index (κ3) is 22.4. The molecule has 10 saturated heterocycles. The van der Waals surface area contributed by atoms with Gasteiger partial charge in [0.15, 0.2) is 62.9 Å². The summed E-state index contributed by atoms with van der Waals surface area (Å²) in [4.78, 5) is 51.4. The van der Waals surface area contributed by atoms with E-state index in [0.29, 0.717) is 0 Å². The Hall–Kier alpha value is -4.00. The van der Waals surface area contributed by atoms with Crippen LogP contribution < -0.4 is 21.3 Å². The molecule has 10 heterocycles. The number of hydrogen-bond donors (Lipinski definition) is 32. The zero-order chi connectivity index (χ0) is 90.5. The summed E-state index contributed by atoms with van der Waals surface area (Å²) in [7, 11) is 0. The molecule has 55 heteroatoms. The summed E-state index contributed by atoms with van der Waals surface area (Å²) in [5.41, 5.74) is 0. The second-order valence-electron chi connectivity index (χ2n) is 31.0. The maximum atomic E-state index is 13.1. The molecule has 10 aliphatic rings. The topological polar surface area (TPSA) is 858 Å². The van der Waals surface area contributed by atoms with Crippen LogP contribution in [0.15, 0.2) is 0 Å². The first-order valence-electron chi connectivity index (χ1n) is 39.1. The van der Waals surface area contributed by atoms with Crippen molar-refractivity contribution >= 4 is 23.6 Å². The van der Waals surface area contributed by atoms with Gasteiger partial charge in [-0.05, 0) is 0 Å². The largest absolute Gasteiger partial charge is 0.394 e. The molecule has 0 saturated carbocycles. The van der Waals surface area contributed by atoms with Crippen molar-refractivity contribution in [3.8, 4) is 0 Å². The van der Waals surface area contributed by atoms with Crippen LogP contribution in [0.3, 0.4) is 0 Å². The molecular formula is C68H114N4O51. The average Bonchev–Trinajstić information content (AvgIpc) is 0.767. The van der Waals surface area contributed by atoms with Crippen LogP contribution in [0.2, 0.25) is 0 Å². The van der Waals surface area contributed by atoms with Gasteiger partial charge in [0.05, 0.1) is 66.1 Å². The molecule has 0 bridgehead atoms. The van der Waals surface area contributed by atoms with E-state index in [1.807, 2.05) is 0 Å². The third-order valence-corrected chi connectivity index (χ3v) is 22.5. The highest BCUT2D eigenvalue weighted by Crippen LogP contribution is 2.41. The van der Waals surface area contributed by atoms with Gasteiger partial charge in [0, 0.05) is 27.7 Å². The Labute approximate surface area is 695 Å². The molecule has 10 rings (SSSR count). The van der Waals surface area contributed by atoms with Gasteiger partial charge in [-0.25, -0.2) is 0 Å². The number of carbonyl (C=O) groups is 4. The molecule has 123 heavy (non-hydrogen) atoms. The van der Waals surface area contributed by atoms with Crippen molar-refractivity contribution in [2.75, 3.05) is 66.1 Å². The fourth-order valence-corrected chi connectivity index (χ4v) is 15.8. The summed E-state index contributed by atoms with van der Waals surface area (Å²) < 4.78 is 113. The monoisotopic (exact) mass is 1800 g/mol. The van der Waals surface area contributed by atoms with Crippen LogP contribution in [-0.2, 0) is 109 Å². The average molecular weight is 1800 g/mol. The molecule has 0 aromatic rings. The van der Waals surface area contributed by atoms with Gasteiger partial charge in [-0.1, -0.05) is 0 Å². The minimum absolute atomic E-state index is 0.885. The lowest BCUT2D eigenvalue weighted by Gasteiger charge is -2.51. The van der Waals surface area contributed by atoms with Crippen LogP contribution in [0.1, 0.15) is 27.7 Å². The molecule has 32 N–H and O–H groups in total. The maximum Gasteiger partial charge on any atom is 0.217 e. The van der Waals surface area contributed by atoms with E-state index in [4.69, 9.17) is 90.0 Å². The third-order valence-electron chi connectivity index (χ3n) is 22.5. The summed E-state index contributed by atoms with van der Waals surface area (Å²) in [6, 6.07) is -7.63. The van der Waals surface area contributed by atoms with Gasteiger partial charge < -0.3 is 254 Å². The van der Waals surface area contributed by atoms with Crippen LogP contribution in [-0.4, -0.2) is 539 Å². The molecular weight excluding hydrogens is 1690 g/mol. The fraction of sp³-hybridized carbons (Fsp3) is 0.941. The Morgan fingerprint density at radius 1 is 0.211 bits per heavy atom. The van der Waals surface area contributed by atoms with E-state index in [-0.39, 0.29) is 0 Å². The molecule has 1 unspecified atom stereocenters. The highest BCUT2D eigenvalue weighted by atomic mass is 16.8. The van der Waals surface area contributed by atoms with Gasteiger partial charge in [0.1, 0.15) is 244 Å². The number of hydrogen-bond acceptors (Lipinski definition) is 51. The lowest BCUT2D eigenvalue weighted by Crippen LogP contribution is -2.70. The maximum absolute atomic E-state index is 13.1. The summed E-state index contributed by atoms with van der Waals surface area (Å²) in [6.07, 6.45) is -97.1. The summed E-state index contributed by atoms with van der Waals surface area (Å²) in [6.45, 7) is -7.33. The Balaban J connectivity index is 0.997. The van der Waals surface area contributed by atoms with Crippen molar-refractivity contribution in [3.05, 3.63) is 0 Å². The second-order valence-corrected chi connectivity index (χ2v) is 31.0. The zero-order valence-corrected chi connectivity index (χ0v) is 65.9. The Bertz CT molecular complexity index is 3300. The number of ether oxygens (including phenoxy) is 19. The Morgan fingerprint density at radius 3 is 0.805 bits per heavy atom. The van der Waals surface area contributed by atoms with Crippen molar-refractivity contribution in [1.82, 2.24) is 21.3 Å².